The van der Waals surface area contributed by atoms with Crippen LogP contribution in [0.2, 0.25) is 0 Å². The third-order valence-electron chi connectivity index (χ3n) is 2.24. The number of carbonyl (C=O) groups excluding carboxylic acids is 1. The molecule has 0 atom stereocenters. The van der Waals surface area contributed by atoms with Crippen molar-refractivity contribution < 1.29 is 18.3 Å². The van der Waals surface area contributed by atoms with Crippen molar-refractivity contribution in [3.63, 3.8) is 0 Å². The van der Waals surface area contributed by atoms with Crippen LogP contribution in [0.15, 0.2) is 24.7 Å². The highest BCUT2D eigenvalue weighted by atomic mass is 19.3. The van der Waals surface area contributed by atoms with Gasteiger partial charge in [-0.3, -0.25) is 4.68 Å². The van der Waals surface area contributed by atoms with E-state index in [4.69, 9.17) is 0 Å². The van der Waals surface area contributed by atoms with E-state index in [0.29, 0.717) is 15.9 Å². The lowest BCUT2D eigenvalue weighted by molar-refractivity contribution is 0.0560. The van der Waals surface area contributed by atoms with E-state index in [1.54, 1.807) is 0 Å². The Hall–Kier alpha value is -2.25. The average Bonchev–Trinajstić information content (AvgIpc) is 2.98. The number of rotatable bonds is 4. The first kappa shape index (κ1) is 12.2. The molecule has 0 bridgehead atoms. The maximum atomic E-state index is 12.3. The van der Waals surface area contributed by atoms with Crippen molar-refractivity contribution in [3.8, 4) is 0 Å². The summed E-state index contributed by atoms with van der Waals surface area (Å²) in [6.07, 6.45) is 3.99. The average molecular weight is 256 g/mol. The molecule has 0 amide bonds. The molecule has 0 aliphatic heterocycles. The van der Waals surface area contributed by atoms with Crippen LogP contribution < -0.4 is 0 Å². The summed E-state index contributed by atoms with van der Waals surface area (Å²) in [6, 6.07) is 1.46. The molecule has 0 saturated carbocycles. The van der Waals surface area contributed by atoms with Crippen molar-refractivity contribution in [1.29, 1.82) is 0 Å². The fraction of sp³-hybridized carbons (Fsp3) is 0.300. The van der Waals surface area contributed by atoms with Gasteiger partial charge in [0.2, 0.25) is 0 Å². The molecule has 2 aromatic heterocycles. The molecule has 96 valence electrons. The lowest BCUT2D eigenvalue weighted by Crippen LogP contribution is -2.04. The summed E-state index contributed by atoms with van der Waals surface area (Å²) in [5, 5.41) is 7.58. The lowest BCUT2D eigenvalue weighted by Gasteiger charge is -1.98. The second kappa shape index (κ2) is 4.94. The number of ether oxygens (including phenoxy) is 1. The maximum Gasteiger partial charge on any atom is 0.341 e. The zero-order valence-electron chi connectivity index (χ0n) is 9.46. The minimum Gasteiger partial charge on any atom is -0.465 e. The van der Waals surface area contributed by atoms with Crippen molar-refractivity contribution in [2.45, 2.75) is 13.1 Å². The highest BCUT2D eigenvalue weighted by Crippen LogP contribution is 2.09. The first-order valence-electron chi connectivity index (χ1n) is 5.03. The van der Waals surface area contributed by atoms with Gasteiger partial charge in [0.05, 0.1) is 31.1 Å². The quantitative estimate of drug-likeness (QED) is 0.774. The molecule has 2 aromatic rings. The van der Waals surface area contributed by atoms with Crippen LogP contribution in [0.3, 0.4) is 0 Å². The van der Waals surface area contributed by atoms with Gasteiger partial charge in [0.1, 0.15) is 0 Å². The van der Waals surface area contributed by atoms with Crippen LogP contribution in [-0.4, -0.2) is 32.6 Å². The number of hydrogen-bond donors (Lipinski definition) is 0. The first-order valence-corrected chi connectivity index (χ1v) is 5.03. The van der Waals surface area contributed by atoms with Gasteiger partial charge in [-0.15, -0.1) is 0 Å². The number of nitrogens with zero attached hydrogens (tertiary/aromatic N) is 4. The topological polar surface area (TPSA) is 61.9 Å². The Bertz CT molecular complexity index is 550. The Morgan fingerprint density at radius 3 is 2.94 bits per heavy atom. The summed E-state index contributed by atoms with van der Waals surface area (Å²) in [6.45, 7) is -2.46. The third-order valence-corrected chi connectivity index (χ3v) is 2.24. The first-order chi connectivity index (χ1) is 8.60. The van der Waals surface area contributed by atoms with E-state index in [1.807, 2.05) is 0 Å². The maximum absolute atomic E-state index is 12.3. The SMILES string of the molecule is COC(=O)c1cnn(Cc2ccn(C(F)F)n2)c1. The predicted octanol–water partition coefficient (Wildman–Crippen LogP) is 1.31. The number of aromatic nitrogens is 4. The van der Waals surface area contributed by atoms with Gasteiger partial charge in [0.25, 0.3) is 0 Å². The van der Waals surface area contributed by atoms with Gasteiger partial charge >= 0.3 is 12.5 Å². The van der Waals surface area contributed by atoms with E-state index in [1.165, 1.54) is 36.4 Å². The van der Waals surface area contributed by atoms with Gasteiger partial charge in [-0.05, 0) is 6.07 Å². The second-order valence-corrected chi connectivity index (χ2v) is 3.48. The largest absolute Gasteiger partial charge is 0.465 e. The van der Waals surface area contributed by atoms with Gasteiger partial charge in [0.15, 0.2) is 0 Å². The standard InChI is InChI=1S/C10H10F2N4O2/c1-18-9(17)7-4-13-15(5-7)6-8-2-3-16(14-8)10(11)12/h2-5,10H,6H2,1H3. The number of methoxy groups -OCH3 is 1. The molecule has 0 N–H and O–H groups in total. The molecule has 8 heteroatoms. The molecule has 2 heterocycles. The van der Waals surface area contributed by atoms with E-state index in [9.17, 15) is 13.6 Å². The van der Waals surface area contributed by atoms with Crippen LogP contribution in [0, 0.1) is 0 Å². The van der Waals surface area contributed by atoms with Crippen LogP contribution in [0.1, 0.15) is 22.6 Å². The molecule has 0 aromatic carbocycles. The summed E-state index contributed by atoms with van der Waals surface area (Å²) in [7, 11) is 1.27. The highest BCUT2D eigenvalue weighted by molar-refractivity contribution is 5.88. The van der Waals surface area contributed by atoms with Crippen molar-refractivity contribution in [1.82, 2.24) is 19.6 Å². The van der Waals surface area contributed by atoms with Crippen molar-refractivity contribution in [2.75, 3.05) is 7.11 Å². The van der Waals surface area contributed by atoms with Crippen molar-refractivity contribution in [3.05, 3.63) is 35.9 Å². The van der Waals surface area contributed by atoms with E-state index >= 15 is 0 Å². The summed E-state index contributed by atoms with van der Waals surface area (Å²) in [4.78, 5) is 11.2. The normalized spacial score (nSPS) is 10.9. The summed E-state index contributed by atoms with van der Waals surface area (Å²) < 4.78 is 31.1. The Morgan fingerprint density at radius 1 is 1.56 bits per heavy atom. The second-order valence-electron chi connectivity index (χ2n) is 3.48. The third kappa shape index (κ3) is 2.53. The van der Waals surface area contributed by atoms with Crippen LogP contribution in [0.4, 0.5) is 8.78 Å². The Morgan fingerprint density at radius 2 is 2.33 bits per heavy atom. The fourth-order valence-corrected chi connectivity index (χ4v) is 1.41. The minimum atomic E-state index is -2.66. The van der Waals surface area contributed by atoms with Crippen molar-refractivity contribution >= 4 is 5.97 Å². The Labute approximate surface area is 101 Å². The minimum absolute atomic E-state index is 0.205. The highest BCUT2D eigenvalue weighted by Gasteiger charge is 2.11. The zero-order chi connectivity index (χ0) is 13.1. The predicted molar refractivity (Wildman–Crippen MR) is 56.1 cm³/mol. The molecule has 0 radical (unpaired) electrons. The van der Waals surface area contributed by atoms with Gasteiger partial charge < -0.3 is 4.74 Å². The number of carbonyl (C=O) groups is 1. The molecule has 0 spiro atoms. The molecule has 18 heavy (non-hydrogen) atoms. The van der Waals surface area contributed by atoms with Crippen molar-refractivity contribution in [2.24, 2.45) is 0 Å². The number of alkyl halides is 2. The van der Waals surface area contributed by atoms with E-state index in [2.05, 4.69) is 14.9 Å². The summed E-state index contributed by atoms with van der Waals surface area (Å²) >= 11 is 0. The van der Waals surface area contributed by atoms with Crippen LogP contribution in [0.5, 0.6) is 0 Å². The number of hydrogen-bond acceptors (Lipinski definition) is 4. The Kier molecular flexibility index (Phi) is 3.35. The van der Waals surface area contributed by atoms with Gasteiger partial charge in [-0.1, -0.05) is 0 Å². The van der Waals surface area contributed by atoms with E-state index < -0.39 is 12.5 Å². The van der Waals surface area contributed by atoms with E-state index in [-0.39, 0.29) is 6.54 Å². The number of esters is 1. The molecular weight excluding hydrogens is 246 g/mol. The fourth-order valence-electron chi connectivity index (χ4n) is 1.41. The summed E-state index contributed by atoms with van der Waals surface area (Å²) in [5.41, 5.74) is 0.723. The van der Waals surface area contributed by atoms with Crippen LogP contribution in [0.25, 0.3) is 0 Å². The monoisotopic (exact) mass is 256 g/mol. The molecule has 0 aliphatic rings. The van der Waals surface area contributed by atoms with E-state index in [0.717, 1.165) is 0 Å². The van der Waals surface area contributed by atoms with Gasteiger partial charge in [-0.25, -0.2) is 9.48 Å². The molecule has 6 nitrogen and oxygen atoms in total. The smallest absolute Gasteiger partial charge is 0.341 e. The molecule has 0 saturated heterocycles. The molecule has 0 fully saturated rings. The molecule has 2 rings (SSSR count). The molecule has 0 aliphatic carbocycles. The number of halogens is 2. The van der Waals surface area contributed by atoms with Crippen LogP contribution >= 0.6 is 0 Å². The van der Waals surface area contributed by atoms with Crippen LogP contribution in [-0.2, 0) is 11.3 Å². The Balaban J connectivity index is 2.08. The van der Waals surface area contributed by atoms with Gasteiger partial charge in [-0.2, -0.15) is 19.0 Å². The lowest BCUT2D eigenvalue weighted by atomic mass is 10.4. The summed E-state index contributed by atoms with van der Waals surface area (Å²) in [5.74, 6) is -0.501. The molecular formula is C10H10F2N4O2. The zero-order valence-corrected chi connectivity index (χ0v) is 9.46. The van der Waals surface area contributed by atoms with Gasteiger partial charge in [0, 0.05) is 12.4 Å². The molecule has 0 unspecified atom stereocenters.